The predicted octanol–water partition coefficient (Wildman–Crippen LogP) is 5.79. The van der Waals surface area contributed by atoms with E-state index in [-0.39, 0.29) is 5.92 Å². The van der Waals surface area contributed by atoms with Crippen molar-refractivity contribution in [3.8, 4) is 0 Å². The van der Waals surface area contributed by atoms with E-state index in [2.05, 4.69) is 83.8 Å². The minimum absolute atomic E-state index is 0.230. The fourth-order valence-corrected chi connectivity index (χ4v) is 5.10. The number of anilines is 3. The smallest absolute Gasteiger partial charge is 0.160 e. The zero-order valence-corrected chi connectivity index (χ0v) is 22.8. The topological polar surface area (TPSA) is 86.3 Å². The zero-order chi connectivity index (χ0) is 26.4. The highest BCUT2D eigenvalue weighted by Crippen LogP contribution is 2.33. The molecule has 1 atom stereocenters. The van der Waals surface area contributed by atoms with E-state index in [4.69, 9.17) is 5.41 Å². The Bertz CT molecular complexity index is 1390. The van der Waals surface area contributed by atoms with Crippen LogP contribution < -0.4 is 21.1 Å². The molecule has 196 valence electrons. The maximum atomic E-state index is 8.29. The Kier molecular flexibility index (Phi) is 8.48. The minimum atomic E-state index is 0.230. The van der Waals surface area contributed by atoms with Crippen LogP contribution in [-0.2, 0) is 0 Å². The molecule has 4 aromatic rings. The van der Waals surface area contributed by atoms with Crippen LogP contribution >= 0.6 is 0 Å². The van der Waals surface area contributed by atoms with Gasteiger partial charge in [-0.3, -0.25) is 10.1 Å². The lowest BCUT2D eigenvalue weighted by Crippen LogP contribution is -2.26. The molecule has 0 radical (unpaired) electrons. The highest BCUT2D eigenvalue weighted by atomic mass is 15.4. The summed E-state index contributed by atoms with van der Waals surface area (Å²) in [6.07, 6.45) is 9.92. The molecule has 0 bridgehead atoms. The van der Waals surface area contributed by atoms with Crippen LogP contribution in [0, 0.1) is 12.3 Å². The van der Waals surface area contributed by atoms with Crippen molar-refractivity contribution in [2.45, 2.75) is 59.3 Å². The van der Waals surface area contributed by atoms with E-state index >= 15 is 0 Å². The summed E-state index contributed by atoms with van der Waals surface area (Å²) in [5.74, 6) is 1.04. The van der Waals surface area contributed by atoms with Gasteiger partial charge in [-0.25, -0.2) is 9.50 Å². The lowest BCUT2D eigenvalue weighted by Gasteiger charge is -2.24. The van der Waals surface area contributed by atoms with Gasteiger partial charge in [0, 0.05) is 44.1 Å². The quantitative estimate of drug-likeness (QED) is 0.229. The van der Waals surface area contributed by atoms with Crippen LogP contribution in [-0.4, -0.2) is 39.4 Å². The normalized spacial score (nSPS) is 12.0. The molecule has 3 aromatic heterocycles. The fraction of sp³-hybridized carbons (Fsp3) is 0.414. The molecule has 37 heavy (non-hydrogen) atoms. The van der Waals surface area contributed by atoms with Crippen molar-refractivity contribution in [3.63, 3.8) is 0 Å². The van der Waals surface area contributed by atoms with Gasteiger partial charge >= 0.3 is 0 Å². The predicted molar refractivity (Wildman–Crippen MR) is 153 cm³/mol. The molecule has 0 aliphatic carbocycles. The third-order valence-corrected chi connectivity index (χ3v) is 6.99. The molecule has 8 heteroatoms. The molecule has 8 nitrogen and oxygen atoms in total. The third kappa shape index (κ3) is 5.63. The van der Waals surface area contributed by atoms with E-state index in [1.165, 1.54) is 23.2 Å². The number of nitrogens with one attached hydrogen (secondary N) is 3. The molecule has 0 saturated carbocycles. The highest BCUT2D eigenvalue weighted by molar-refractivity contribution is 5.86. The second-order valence-electron chi connectivity index (χ2n) is 9.54. The summed E-state index contributed by atoms with van der Waals surface area (Å²) in [4.78, 5) is 7.09. The van der Waals surface area contributed by atoms with Crippen molar-refractivity contribution in [2.24, 2.45) is 0 Å². The molecular weight excluding hydrogens is 460 g/mol. The molecule has 0 saturated heterocycles. The maximum absolute atomic E-state index is 8.29. The lowest BCUT2D eigenvalue weighted by molar-refractivity contribution is 0.705. The zero-order valence-electron chi connectivity index (χ0n) is 22.8. The van der Waals surface area contributed by atoms with E-state index in [1.54, 1.807) is 11.0 Å². The monoisotopic (exact) mass is 500 g/mol. The standard InChI is InChI=1S/C29H40N8/c1-6-9-15-35(14-7-2)26-13-17-37-28(26)29(32-20-33-37)34-23-10-11-25(21(4)18-23)24(8-3)22-12-16-36(31-5)27(30)19-22/h10-13,16-20,24,30-31H,6-9,14-15H2,1-5H3,(H,32,33,34). The Balaban J connectivity index is 1.65. The van der Waals surface area contributed by atoms with E-state index in [0.29, 0.717) is 5.49 Å². The summed E-state index contributed by atoms with van der Waals surface area (Å²) < 4.78 is 3.62. The number of aryl methyl sites for hydroxylation is 1. The summed E-state index contributed by atoms with van der Waals surface area (Å²) in [6, 6.07) is 12.7. The van der Waals surface area contributed by atoms with Gasteiger partial charge in [0.2, 0.25) is 0 Å². The fourth-order valence-electron chi connectivity index (χ4n) is 5.10. The van der Waals surface area contributed by atoms with Crippen molar-refractivity contribution in [2.75, 3.05) is 35.8 Å². The molecule has 0 amide bonds. The van der Waals surface area contributed by atoms with E-state index in [1.807, 2.05) is 30.0 Å². The Morgan fingerprint density at radius 1 is 1.03 bits per heavy atom. The molecule has 0 aliphatic heterocycles. The molecule has 1 aromatic carbocycles. The first-order chi connectivity index (χ1) is 18.0. The molecule has 0 spiro atoms. The van der Waals surface area contributed by atoms with Crippen LogP contribution in [0.2, 0.25) is 0 Å². The summed E-state index contributed by atoms with van der Waals surface area (Å²) in [7, 11) is 1.82. The number of nitrogens with zero attached hydrogens (tertiary/aromatic N) is 5. The first-order valence-corrected chi connectivity index (χ1v) is 13.4. The van der Waals surface area contributed by atoms with Crippen LogP contribution in [0.3, 0.4) is 0 Å². The van der Waals surface area contributed by atoms with E-state index < -0.39 is 0 Å². The summed E-state index contributed by atoms with van der Waals surface area (Å²) >= 11 is 0. The molecular formula is C29H40N8. The number of rotatable bonds is 12. The Hall–Kier alpha value is -3.81. The molecule has 3 heterocycles. The maximum Gasteiger partial charge on any atom is 0.160 e. The van der Waals surface area contributed by atoms with Gasteiger partial charge in [-0.2, -0.15) is 5.10 Å². The first-order valence-electron chi connectivity index (χ1n) is 13.4. The molecule has 3 N–H and O–H groups in total. The van der Waals surface area contributed by atoms with Gasteiger partial charge in [-0.15, -0.1) is 0 Å². The van der Waals surface area contributed by atoms with Gasteiger partial charge in [0.1, 0.15) is 17.3 Å². The average Bonchev–Trinajstić information content (AvgIpc) is 3.33. The number of hydrogen-bond donors (Lipinski definition) is 3. The van der Waals surface area contributed by atoms with Crippen LogP contribution in [0.1, 0.15) is 69.1 Å². The second kappa shape index (κ2) is 12.0. The Morgan fingerprint density at radius 2 is 1.86 bits per heavy atom. The summed E-state index contributed by atoms with van der Waals surface area (Å²) in [5, 5.41) is 16.3. The van der Waals surface area contributed by atoms with Crippen LogP contribution in [0.15, 0.2) is 55.1 Å². The summed E-state index contributed by atoms with van der Waals surface area (Å²) in [5.41, 5.74) is 10.3. The van der Waals surface area contributed by atoms with Gasteiger partial charge in [0.15, 0.2) is 5.82 Å². The van der Waals surface area contributed by atoms with Crippen molar-refractivity contribution in [1.29, 1.82) is 5.41 Å². The van der Waals surface area contributed by atoms with Crippen molar-refractivity contribution in [3.05, 3.63) is 77.3 Å². The van der Waals surface area contributed by atoms with Crippen LogP contribution in [0.25, 0.3) is 5.52 Å². The van der Waals surface area contributed by atoms with Crippen LogP contribution in [0.4, 0.5) is 17.2 Å². The molecule has 0 aliphatic rings. The van der Waals surface area contributed by atoms with Crippen LogP contribution in [0.5, 0.6) is 0 Å². The third-order valence-electron chi connectivity index (χ3n) is 6.99. The average molecular weight is 501 g/mol. The number of aromatic nitrogens is 4. The van der Waals surface area contributed by atoms with Gasteiger partial charge in [-0.05, 0) is 73.2 Å². The Morgan fingerprint density at radius 3 is 2.54 bits per heavy atom. The highest BCUT2D eigenvalue weighted by Gasteiger charge is 2.18. The number of pyridine rings is 1. The molecule has 4 rings (SSSR count). The van der Waals surface area contributed by atoms with E-state index in [0.717, 1.165) is 54.9 Å². The number of benzene rings is 1. The van der Waals surface area contributed by atoms with Gasteiger partial charge in [-0.1, -0.05) is 33.3 Å². The largest absolute Gasteiger partial charge is 0.370 e. The summed E-state index contributed by atoms with van der Waals surface area (Å²) in [6.45, 7) is 10.8. The minimum Gasteiger partial charge on any atom is -0.370 e. The first kappa shape index (κ1) is 26.3. The van der Waals surface area contributed by atoms with Gasteiger partial charge < -0.3 is 15.6 Å². The van der Waals surface area contributed by atoms with E-state index in [9.17, 15) is 0 Å². The number of fused-ring (bicyclic) bond motifs is 1. The number of hydrogen-bond acceptors (Lipinski definition) is 6. The lowest BCUT2D eigenvalue weighted by atomic mass is 9.87. The molecule has 1 unspecified atom stereocenters. The SMILES string of the molecule is CCCCN(CCC)c1ccn2ncnc(Nc3ccc(C(CC)c4ccn(NC)c(=N)c4)c(C)c3)c12. The second-order valence-corrected chi connectivity index (χ2v) is 9.54. The van der Waals surface area contributed by atoms with Crippen molar-refractivity contribution in [1.82, 2.24) is 19.3 Å². The van der Waals surface area contributed by atoms with Crippen molar-refractivity contribution < 1.29 is 0 Å². The number of unbranched alkanes of at least 4 members (excludes halogenated alkanes) is 1. The Labute approximate surface area is 219 Å². The molecule has 0 fully saturated rings. The van der Waals surface area contributed by atoms with Gasteiger partial charge in [0.05, 0.1) is 5.69 Å². The van der Waals surface area contributed by atoms with Gasteiger partial charge in [0.25, 0.3) is 0 Å². The van der Waals surface area contributed by atoms with Crippen molar-refractivity contribution >= 4 is 22.7 Å².